The molecule has 25 heavy (non-hydrogen) atoms. The average molecular weight is 359 g/mol. The molecule has 0 radical (unpaired) electrons. The first-order chi connectivity index (χ1) is 12.1. The fourth-order valence-corrected chi connectivity index (χ4v) is 3.13. The van der Waals surface area contributed by atoms with E-state index in [2.05, 4.69) is 16.5 Å². The molecule has 0 unspecified atom stereocenters. The van der Waals surface area contributed by atoms with E-state index in [0.717, 1.165) is 41.2 Å². The molecule has 0 fully saturated rings. The average Bonchev–Trinajstić information content (AvgIpc) is 2.88. The second-order valence-electron chi connectivity index (χ2n) is 6.23. The summed E-state index contributed by atoms with van der Waals surface area (Å²) >= 11 is 6.46. The minimum atomic E-state index is 0.222. The zero-order valence-corrected chi connectivity index (χ0v) is 15.4. The van der Waals surface area contributed by atoms with E-state index in [1.807, 2.05) is 31.2 Å². The van der Waals surface area contributed by atoms with Crippen molar-refractivity contribution in [3.8, 4) is 11.5 Å². The maximum atomic E-state index is 9.61. The first-order valence-corrected chi connectivity index (χ1v) is 9.03. The maximum Gasteiger partial charge on any atom is 0.120 e. The molecule has 0 spiro atoms. The van der Waals surface area contributed by atoms with Crippen LogP contribution in [0.1, 0.15) is 37.6 Å². The van der Waals surface area contributed by atoms with Crippen LogP contribution in [0.15, 0.2) is 36.4 Å². The number of phenols is 1. The van der Waals surface area contributed by atoms with Gasteiger partial charge in [0.2, 0.25) is 0 Å². The van der Waals surface area contributed by atoms with E-state index >= 15 is 0 Å². The van der Waals surface area contributed by atoms with Crippen molar-refractivity contribution in [1.82, 2.24) is 9.55 Å². The number of nitrogens with zero attached hydrogens (tertiary/aromatic N) is 2. The van der Waals surface area contributed by atoms with Crippen LogP contribution in [-0.2, 0) is 6.54 Å². The molecular formula is C20H23ClN2O2. The van der Waals surface area contributed by atoms with E-state index in [0.29, 0.717) is 11.6 Å². The number of ether oxygens (including phenoxy) is 1. The predicted octanol–water partition coefficient (Wildman–Crippen LogP) is 5.32. The minimum Gasteiger partial charge on any atom is -0.508 e. The van der Waals surface area contributed by atoms with Crippen molar-refractivity contribution in [1.29, 1.82) is 0 Å². The quantitative estimate of drug-likeness (QED) is 0.581. The molecule has 5 heteroatoms. The molecule has 0 aliphatic heterocycles. The number of hydrogen-bond donors (Lipinski definition) is 1. The third-order valence-corrected chi connectivity index (χ3v) is 4.64. The van der Waals surface area contributed by atoms with Crippen molar-refractivity contribution in [3.63, 3.8) is 0 Å². The monoisotopic (exact) mass is 358 g/mol. The van der Waals surface area contributed by atoms with Gasteiger partial charge >= 0.3 is 0 Å². The Balaban J connectivity index is 1.78. The Morgan fingerprint density at radius 1 is 1.16 bits per heavy atom. The van der Waals surface area contributed by atoms with Crippen molar-refractivity contribution in [2.24, 2.45) is 0 Å². The summed E-state index contributed by atoms with van der Waals surface area (Å²) in [5.41, 5.74) is 2.77. The lowest BCUT2D eigenvalue weighted by atomic mass is 10.2. The Labute approximate surface area is 153 Å². The fraction of sp³-hybridized carbons (Fsp3) is 0.350. The number of phenolic OH excluding ortho intramolecular Hbond substituents is 1. The van der Waals surface area contributed by atoms with Gasteiger partial charge < -0.3 is 14.4 Å². The molecule has 0 saturated carbocycles. The van der Waals surface area contributed by atoms with Crippen LogP contribution in [0.5, 0.6) is 11.5 Å². The highest BCUT2D eigenvalue weighted by Gasteiger charge is 2.11. The molecule has 1 heterocycles. The number of aromatic nitrogens is 2. The van der Waals surface area contributed by atoms with Crippen molar-refractivity contribution in [2.45, 2.75) is 39.7 Å². The first-order valence-electron chi connectivity index (χ1n) is 8.65. The lowest BCUT2D eigenvalue weighted by Crippen LogP contribution is -2.03. The van der Waals surface area contributed by atoms with Gasteiger partial charge in [-0.15, -0.1) is 0 Å². The molecule has 0 bridgehead atoms. The van der Waals surface area contributed by atoms with Gasteiger partial charge in [0, 0.05) is 11.1 Å². The maximum absolute atomic E-state index is 9.61. The number of imidazole rings is 1. The normalized spacial score (nSPS) is 11.2. The Hall–Kier alpha value is -2.20. The summed E-state index contributed by atoms with van der Waals surface area (Å²) < 4.78 is 7.85. The van der Waals surface area contributed by atoms with Crippen molar-refractivity contribution in [2.75, 3.05) is 6.61 Å². The van der Waals surface area contributed by atoms with Gasteiger partial charge in [0.1, 0.15) is 17.3 Å². The first kappa shape index (κ1) is 17.6. The van der Waals surface area contributed by atoms with E-state index in [1.165, 1.54) is 12.8 Å². The third kappa shape index (κ3) is 4.07. The Morgan fingerprint density at radius 2 is 2.00 bits per heavy atom. The van der Waals surface area contributed by atoms with Crippen molar-refractivity contribution in [3.05, 3.63) is 52.8 Å². The van der Waals surface area contributed by atoms with E-state index in [-0.39, 0.29) is 5.75 Å². The SMILES string of the molecule is CCCCCOc1ccc(Cn2c(C)nc3cc(O)ccc32)c(Cl)c1. The molecule has 2 aromatic carbocycles. The van der Waals surface area contributed by atoms with Crippen LogP contribution in [0, 0.1) is 6.92 Å². The molecule has 132 valence electrons. The number of halogens is 1. The topological polar surface area (TPSA) is 47.3 Å². The smallest absolute Gasteiger partial charge is 0.120 e. The zero-order chi connectivity index (χ0) is 17.8. The lowest BCUT2D eigenvalue weighted by Gasteiger charge is -2.11. The van der Waals surface area contributed by atoms with E-state index in [4.69, 9.17) is 16.3 Å². The Morgan fingerprint density at radius 3 is 2.76 bits per heavy atom. The van der Waals surface area contributed by atoms with Crippen LogP contribution >= 0.6 is 11.6 Å². The summed E-state index contributed by atoms with van der Waals surface area (Å²) in [4.78, 5) is 4.51. The van der Waals surface area contributed by atoms with Gasteiger partial charge in [-0.1, -0.05) is 37.4 Å². The molecule has 0 saturated heterocycles. The van der Waals surface area contributed by atoms with Gasteiger partial charge in [-0.05, 0) is 43.2 Å². The summed E-state index contributed by atoms with van der Waals surface area (Å²) in [6.45, 7) is 5.48. The van der Waals surface area contributed by atoms with Crippen LogP contribution < -0.4 is 4.74 Å². The highest BCUT2D eigenvalue weighted by Crippen LogP contribution is 2.27. The molecule has 0 atom stereocenters. The van der Waals surface area contributed by atoms with Gasteiger partial charge in [-0.2, -0.15) is 0 Å². The van der Waals surface area contributed by atoms with E-state index < -0.39 is 0 Å². The van der Waals surface area contributed by atoms with Gasteiger partial charge in [-0.3, -0.25) is 0 Å². The van der Waals surface area contributed by atoms with Gasteiger partial charge in [0.05, 0.1) is 24.2 Å². The van der Waals surface area contributed by atoms with Gasteiger partial charge in [0.25, 0.3) is 0 Å². The summed E-state index contributed by atoms with van der Waals surface area (Å²) in [7, 11) is 0. The Kier molecular flexibility index (Phi) is 5.49. The van der Waals surface area contributed by atoms with Crippen LogP contribution in [0.2, 0.25) is 5.02 Å². The number of hydrogen-bond acceptors (Lipinski definition) is 3. The second kappa shape index (κ2) is 7.79. The van der Waals surface area contributed by atoms with Crippen molar-refractivity contribution < 1.29 is 9.84 Å². The number of fused-ring (bicyclic) bond motifs is 1. The number of aryl methyl sites for hydroxylation is 1. The van der Waals surface area contributed by atoms with Crippen LogP contribution in [0.25, 0.3) is 11.0 Å². The van der Waals surface area contributed by atoms with Crippen LogP contribution in [-0.4, -0.2) is 21.3 Å². The second-order valence-corrected chi connectivity index (χ2v) is 6.63. The predicted molar refractivity (Wildman–Crippen MR) is 102 cm³/mol. The van der Waals surface area contributed by atoms with Gasteiger partial charge in [0.15, 0.2) is 0 Å². The molecule has 4 nitrogen and oxygen atoms in total. The zero-order valence-electron chi connectivity index (χ0n) is 14.6. The Bertz CT molecular complexity index is 874. The number of unbranched alkanes of at least 4 members (excludes halogenated alkanes) is 2. The minimum absolute atomic E-state index is 0.222. The van der Waals surface area contributed by atoms with Crippen LogP contribution in [0.3, 0.4) is 0 Å². The molecular weight excluding hydrogens is 336 g/mol. The van der Waals surface area contributed by atoms with Crippen molar-refractivity contribution >= 4 is 22.6 Å². The summed E-state index contributed by atoms with van der Waals surface area (Å²) in [5, 5.41) is 10.3. The largest absolute Gasteiger partial charge is 0.508 e. The number of aromatic hydroxyl groups is 1. The van der Waals surface area contributed by atoms with E-state index in [9.17, 15) is 5.11 Å². The molecule has 3 aromatic rings. The highest BCUT2D eigenvalue weighted by atomic mass is 35.5. The van der Waals surface area contributed by atoms with Gasteiger partial charge in [-0.25, -0.2) is 4.98 Å². The molecule has 0 aliphatic carbocycles. The number of rotatable bonds is 7. The number of benzene rings is 2. The van der Waals surface area contributed by atoms with E-state index in [1.54, 1.807) is 12.1 Å². The molecule has 1 aromatic heterocycles. The molecule has 0 aliphatic rings. The molecule has 0 amide bonds. The third-order valence-electron chi connectivity index (χ3n) is 4.29. The molecule has 1 N–H and O–H groups in total. The molecule has 3 rings (SSSR count). The summed E-state index contributed by atoms with van der Waals surface area (Å²) in [6, 6.07) is 11.1. The summed E-state index contributed by atoms with van der Waals surface area (Å²) in [6.07, 6.45) is 3.41. The highest BCUT2D eigenvalue weighted by molar-refractivity contribution is 6.31. The fourth-order valence-electron chi connectivity index (χ4n) is 2.90. The lowest BCUT2D eigenvalue weighted by molar-refractivity contribution is 0.306. The summed E-state index contributed by atoms with van der Waals surface area (Å²) in [5.74, 6) is 1.92. The standard InChI is InChI=1S/C20H23ClN2O2/c1-3-4-5-10-25-17-8-6-15(18(21)12-17)13-23-14(2)22-19-11-16(24)7-9-20(19)23/h6-9,11-12,24H,3-5,10,13H2,1-2H3. The van der Waals surface area contributed by atoms with Crippen LogP contribution in [0.4, 0.5) is 0 Å².